The number of hydrogen-bond donors (Lipinski definition) is 4. The number of hydrogen-bond acceptors (Lipinski definition) is 6. The van der Waals surface area contributed by atoms with Gasteiger partial charge in [0, 0.05) is 6.42 Å². The highest BCUT2D eigenvalue weighted by Crippen LogP contribution is 1.99. The number of nitrogens with two attached hydrogens (primary N) is 1. The number of carbonyl (C=O) groups excluding carboxylic acids is 3. The Bertz CT molecular complexity index is 357. The molecule has 0 fully saturated rings. The lowest BCUT2D eigenvalue weighted by Crippen LogP contribution is -2.46. The third-order valence-corrected chi connectivity index (χ3v) is 2.13. The quantitative estimate of drug-likeness (QED) is 0.360. The molecule has 0 aliphatic carbocycles. The zero-order valence-corrected chi connectivity index (χ0v) is 10.5. The van der Waals surface area contributed by atoms with Gasteiger partial charge in [-0.15, -0.1) is 0 Å². The van der Waals surface area contributed by atoms with E-state index in [4.69, 9.17) is 10.8 Å². The van der Waals surface area contributed by atoms with Gasteiger partial charge in [0.15, 0.2) is 0 Å². The van der Waals surface area contributed by atoms with Crippen LogP contribution in [0, 0.1) is 0 Å². The summed E-state index contributed by atoms with van der Waals surface area (Å²) in [4.78, 5) is 43.9. The standard InChI is InChI=1S/C10H17N3O6/c1-19-9(16)3-2-6(10(17)18)13-8(15)5-12-7(14)4-11/h6H,2-5,11H2,1H3,(H,12,14)(H,13,15)(H,17,18)/t6-/m1/s1. The van der Waals surface area contributed by atoms with Gasteiger partial charge in [0.1, 0.15) is 6.04 Å². The largest absolute Gasteiger partial charge is 0.480 e. The van der Waals surface area contributed by atoms with E-state index in [0.717, 1.165) is 0 Å². The predicted octanol–water partition coefficient (Wildman–Crippen LogP) is -2.42. The zero-order valence-electron chi connectivity index (χ0n) is 10.5. The van der Waals surface area contributed by atoms with Crippen molar-refractivity contribution >= 4 is 23.8 Å². The number of carboxylic acid groups (broad SMARTS) is 1. The van der Waals surface area contributed by atoms with Crippen molar-refractivity contribution in [2.75, 3.05) is 20.2 Å². The Morgan fingerprint density at radius 1 is 1.26 bits per heavy atom. The summed E-state index contributed by atoms with van der Waals surface area (Å²) in [6.07, 6.45) is -0.235. The topological polar surface area (TPSA) is 148 Å². The molecule has 108 valence electrons. The van der Waals surface area contributed by atoms with Gasteiger partial charge in [-0.2, -0.15) is 0 Å². The lowest BCUT2D eigenvalue weighted by atomic mass is 10.1. The molecule has 19 heavy (non-hydrogen) atoms. The summed E-state index contributed by atoms with van der Waals surface area (Å²) in [6.45, 7) is -0.643. The SMILES string of the molecule is COC(=O)CC[C@@H](NC(=O)CNC(=O)CN)C(=O)O. The van der Waals surface area contributed by atoms with Gasteiger partial charge < -0.3 is 26.2 Å². The molecule has 0 aromatic carbocycles. The molecule has 0 aliphatic heterocycles. The van der Waals surface area contributed by atoms with E-state index < -0.39 is 29.8 Å². The molecule has 0 saturated carbocycles. The Labute approximate surface area is 109 Å². The second kappa shape index (κ2) is 8.86. The Kier molecular flexibility index (Phi) is 7.85. The molecule has 0 aromatic rings. The minimum atomic E-state index is -1.28. The third kappa shape index (κ3) is 7.71. The number of ether oxygens (including phenoxy) is 1. The van der Waals surface area contributed by atoms with Crippen LogP contribution in [0.25, 0.3) is 0 Å². The Morgan fingerprint density at radius 3 is 2.37 bits per heavy atom. The van der Waals surface area contributed by atoms with Crippen LogP contribution < -0.4 is 16.4 Å². The monoisotopic (exact) mass is 275 g/mol. The summed E-state index contributed by atoms with van der Waals surface area (Å²) in [5.74, 6) is -3.06. The molecule has 0 aliphatic rings. The van der Waals surface area contributed by atoms with Crippen molar-refractivity contribution in [3.05, 3.63) is 0 Å². The van der Waals surface area contributed by atoms with Gasteiger partial charge in [0.2, 0.25) is 11.8 Å². The minimum Gasteiger partial charge on any atom is -0.480 e. The number of methoxy groups -OCH3 is 1. The number of nitrogens with one attached hydrogen (secondary N) is 2. The molecular weight excluding hydrogens is 258 g/mol. The third-order valence-electron chi connectivity index (χ3n) is 2.13. The van der Waals surface area contributed by atoms with Gasteiger partial charge in [-0.05, 0) is 6.42 Å². The summed E-state index contributed by atoms with van der Waals surface area (Å²) >= 11 is 0. The smallest absolute Gasteiger partial charge is 0.326 e. The molecule has 0 unspecified atom stereocenters. The van der Waals surface area contributed by atoms with E-state index in [1.165, 1.54) is 7.11 Å². The van der Waals surface area contributed by atoms with Crippen molar-refractivity contribution in [2.24, 2.45) is 5.73 Å². The van der Waals surface area contributed by atoms with E-state index in [1.807, 2.05) is 0 Å². The van der Waals surface area contributed by atoms with Crippen LogP contribution in [0.1, 0.15) is 12.8 Å². The van der Waals surface area contributed by atoms with Crippen molar-refractivity contribution in [2.45, 2.75) is 18.9 Å². The van der Waals surface area contributed by atoms with Crippen molar-refractivity contribution in [3.63, 3.8) is 0 Å². The molecule has 0 heterocycles. The van der Waals surface area contributed by atoms with Crippen LogP contribution in [-0.4, -0.2) is 55.1 Å². The van der Waals surface area contributed by atoms with E-state index in [-0.39, 0.29) is 25.9 Å². The van der Waals surface area contributed by atoms with Crippen molar-refractivity contribution in [1.29, 1.82) is 0 Å². The Morgan fingerprint density at radius 2 is 1.89 bits per heavy atom. The summed E-state index contributed by atoms with van der Waals surface area (Å²) in [5.41, 5.74) is 5.01. The zero-order chi connectivity index (χ0) is 14.8. The molecule has 0 radical (unpaired) electrons. The molecule has 2 amide bonds. The van der Waals surface area contributed by atoms with Crippen LogP contribution in [0.2, 0.25) is 0 Å². The van der Waals surface area contributed by atoms with Crippen molar-refractivity contribution in [3.8, 4) is 0 Å². The lowest BCUT2D eigenvalue weighted by Gasteiger charge is -2.14. The van der Waals surface area contributed by atoms with Crippen molar-refractivity contribution < 1.29 is 29.0 Å². The number of esters is 1. The summed E-state index contributed by atoms with van der Waals surface area (Å²) < 4.78 is 4.36. The van der Waals surface area contributed by atoms with Crippen LogP contribution in [0.5, 0.6) is 0 Å². The van der Waals surface area contributed by atoms with E-state index >= 15 is 0 Å². The highest BCUT2D eigenvalue weighted by Gasteiger charge is 2.21. The van der Waals surface area contributed by atoms with E-state index in [1.54, 1.807) is 0 Å². The molecule has 9 heteroatoms. The number of carbonyl (C=O) groups is 4. The fraction of sp³-hybridized carbons (Fsp3) is 0.600. The number of aliphatic carboxylic acids is 1. The van der Waals surface area contributed by atoms with Crippen LogP contribution in [-0.2, 0) is 23.9 Å². The second-order valence-corrected chi connectivity index (χ2v) is 3.55. The maximum absolute atomic E-state index is 11.3. The predicted molar refractivity (Wildman–Crippen MR) is 62.9 cm³/mol. The van der Waals surface area contributed by atoms with Crippen LogP contribution >= 0.6 is 0 Å². The van der Waals surface area contributed by atoms with Crippen LogP contribution in [0.3, 0.4) is 0 Å². The highest BCUT2D eigenvalue weighted by molar-refractivity contribution is 5.88. The molecule has 0 saturated heterocycles. The molecule has 0 rings (SSSR count). The molecule has 9 nitrogen and oxygen atoms in total. The van der Waals surface area contributed by atoms with Gasteiger partial charge in [0.05, 0.1) is 20.2 Å². The normalized spacial score (nSPS) is 11.3. The lowest BCUT2D eigenvalue weighted by molar-refractivity contribution is -0.144. The van der Waals surface area contributed by atoms with E-state index in [9.17, 15) is 19.2 Å². The molecule has 0 bridgehead atoms. The van der Waals surface area contributed by atoms with Crippen LogP contribution in [0.15, 0.2) is 0 Å². The minimum absolute atomic E-state index is 0.0986. The van der Waals surface area contributed by atoms with E-state index in [2.05, 4.69) is 15.4 Å². The summed E-state index contributed by atoms with van der Waals surface area (Å²) in [6, 6.07) is -1.22. The average molecular weight is 275 g/mol. The molecule has 5 N–H and O–H groups in total. The Balaban J connectivity index is 4.19. The maximum atomic E-state index is 11.3. The van der Waals surface area contributed by atoms with Gasteiger partial charge in [0.25, 0.3) is 0 Å². The van der Waals surface area contributed by atoms with Crippen molar-refractivity contribution in [1.82, 2.24) is 10.6 Å². The Hall–Kier alpha value is -2.16. The van der Waals surface area contributed by atoms with Gasteiger partial charge >= 0.3 is 11.9 Å². The molecule has 1 atom stereocenters. The maximum Gasteiger partial charge on any atom is 0.326 e. The fourth-order valence-electron chi connectivity index (χ4n) is 1.12. The number of carboxylic acids is 1. The average Bonchev–Trinajstić information content (AvgIpc) is 2.39. The molecule has 0 aromatic heterocycles. The molecule has 0 spiro atoms. The van der Waals surface area contributed by atoms with Gasteiger partial charge in [-0.25, -0.2) is 4.79 Å². The fourth-order valence-corrected chi connectivity index (χ4v) is 1.12. The number of amides is 2. The second-order valence-electron chi connectivity index (χ2n) is 3.55. The number of rotatable bonds is 8. The van der Waals surface area contributed by atoms with Crippen LogP contribution in [0.4, 0.5) is 0 Å². The first-order chi connectivity index (χ1) is 8.90. The summed E-state index contributed by atoms with van der Waals surface area (Å²) in [7, 11) is 1.18. The van der Waals surface area contributed by atoms with E-state index in [0.29, 0.717) is 0 Å². The molecular formula is C10H17N3O6. The summed E-state index contributed by atoms with van der Waals surface area (Å²) in [5, 5.41) is 13.2. The highest BCUT2D eigenvalue weighted by atomic mass is 16.5. The first-order valence-corrected chi connectivity index (χ1v) is 5.46. The van der Waals surface area contributed by atoms with Gasteiger partial charge in [-0.1, -0.05) is 0 Å². The van der Waals surface area contributed by atoms with Gasteiger partial charge in [-0.3, -0.25) is 14.4 Å². The first kappa shape index (κ1) is 16.8. The first-order valence-electron chi connectivity index (χ1n) is 5.46.